The second-order valence-electron chi connectivity index (χ2n) is 6.38. The molecule has 2 N–H and O–H groups in total. The SMILES string of the molecule is C[C@H](OC(=O)CCNC(=O)c1ccc(Cl)cc1)C(=O)NC(C)(C)C. The van der Waals surface area contributed by atoms with Crippen molar-refractivity contribution in [1.29, 1.82) is 0 Å². The molecule has 0 aromatic heterocycles. The van der Waals surface area contributed by atoms with Crippen molar-refractivity contribution in [1.82, 2.24) is 10.6 Å². The summed E-state index contributed by atoms with van der Waals surface area (Å²) in [5.41, 5.74) is 0.0512. The number of carbonyl (C=O) groups excluding carboxylic acids is 3. The third kappa shape index (κ3) is 7.46. The van der Waals surface area contributed by atoms with Crippen LogP contribution in [0.15, 0.2) is 24.3 Å². The predicted molar refractivity (Wildman–Crippen MR) is 91.9 cm³/mol. The Morgan fingerprint density at radius 1 is 1.17 bits per heavy atom. The Kier molecular flexibility index (Phi) is 7.22. The van der Waals surface area contributed by atoms with Crippen LogP contribution in [-0.2, 0) is 14.3 Å². The van der Waals surface area contributed by atoms with Gasteiger partial charge in [0.2, 0.25) is 0 Å². The highest BCUT2D eigenvalue weighted by atomic mass is 35.5. The highest BCUT2D eigenvalue weighted by molar-refractivity contribution is 6.30. The third-order valence-electron chi connectivity index (χ3n) is 2.90. The molecule has 1 atom stereocenters. The maximum atomic E-state index is 11.9. The number of amides is 2. The topological polar surface area (TPSA) is 84.5 Å². The Morgan fingerprint density at radius 3 is 2.29 bits per heavy atom. The number of hydrogen-bond donors (Lipinski definition) is 2. The van der Waals surface area contributed by atoms with Gasteiger partial charge in [0.15, 0.2) is 6.10 Å². The van der Waals surface area contributed by atoms with Crippen LogP contribution in [0.2, 0.25) is 5.02 Å². The van der Waals surface area contributed by atoms with Crippen molar-refractivity contribution in [2.24, 2.45) is 0 Å². The Morgan fingerprint density at radius 2 is 1.75 bits per heavy atom. The maximum Gasteiger partial charge on any atom is 0.308 e. The lowest BCUT2D eigenvalue weighted by Crippen LogP contribution is -2.46. The molecule has 0 saturated heterocycles. The molecule has 7 heteroatoms. The van der Waals surface area contributed by atoms with Crippen molar-refractivity contribution < 1.29 is 19.1 Å². The average Bonchev–Trinajstić information content (AvgIpc) is 2.45. The normalized spacial score (nSPS) is 12.2. The van der Waals surface area contributed by atoms with Crippen LogP contribution in [0.25, 0.3) is 0 Å². The Labute approximate surface area is 146 Å². The molecule has 0 bridgehead atoms. The van der Waals surface area contributed by atoms with E-state index >= 15 is 0 Å². The quantitative estimate of drug-likeness (QED) is 0.768. The molecule has 0 aliphatic rings. The fourth-order valence-electron chi connectivity index (χ4n) is 1.76. The van der Waals surface area contributed by atoms with E-state index in [0.29, 0.717) is 10.6 Å². The Bertz CT molecular complexity index is 594. The lowest BCUT2D eigenvalue weighted by Gasteiger charge is -2.23. The van der Waals surface area contributed by atoms with Gasteiger partial charge >= 0.3 is 5.97 Å². The molecule has 1 rings (SSSR count). The lowest BCUT2D eigenvalue weighted by atomic mass is 10.1. The number of ether oxygens (including phenoxy) is 1. The van der Waals surface area contributed by atoms with Crippen LogP contribution >= 0.6 is 11.6 Å². The van der Waals surface area contributed by atoms with Crippen LogP contribution in [0.3, 0.4) is 0 Å². The summed E-state index contributed by atoms with van der Waals surface area (Å²) in [6.07, 6.45) is -0.907. The molecule has 0 saturated carbocycles. The molecular formula is C17H23ClN2O4. The number of halogens is 1. The highest BCUT2D eigenvalue weighted by Gasteiger charge is 2.22. The van der Waals surface area contributed by atoms with Gasteiger partial charge in [0.05, 0.1) is 6.42 Å². The van der Waals surface area contributed by atoms with E-state index in [-0.39, 0.29) is 24.8 Å². The molecule has 24 heavy (non-hydrogen) atoms. The largest absolute Gasteiger partial charge is 0.452 e. The summed E-state index contributed by atoms with van der Waals surface area (Å²) in [5.74, 6) is -1.22. The average molecular weight is 355 g/mol. The van der Waals surface area contributed by atoms with E-state index < -0.39 is 17.6 Å². The summed E-state index contributed by atoms with van der Waals surface area (Å²) in [5, 5.41) is 5.87. The third-order valence-corrected chi connectivity index (χ3v) is 3.15. The Hall–Kier alpha value is -2.08. The van der Waals surface area contributed by atoms with Gasteiger partial charge in [-0.1, -0.05) is 11.6 Å². The van der Waals surface area contributed by atoms with Crippen molar-refractivity contribution in [3.63, 3.8) is 0 Å². The van der Waals surface area contributed by atoms with Crippen molar-refractivity contribution >= 4 is 29.4 Å². The predicted octanol–water partition coefficient (Wildman–Crippen LogP) is 2.31. The second kappa shape index (κ2) is 8.68. The van der Waals surface area contributed by atoms with Crippen LogP contribution in [0.4, 0.5) is 0 Å². The van der Waals surface area contributed by atoms with E-state index in [1.165, 1.54) is 6.92 Å². The monoisotopic (exact) mass is 354 g/mol. The molecule has 0 spiro atoms. The molecule has 0 aliphatic carbocycles. The fourth-order valence-corrected chi connectivity index (χ4v) is 1.89. The first-order valence-corrected chi connectivity index (χ1v) is 8.01. The molecule has 0 heterocycles. The zero-order valence-corrected chi connectivity index (χ0v) is 15.1. The summed E-state index contributed by atoms with van der Waals surface area (Å²) in [6, 6.07) is 6.41. The molecule has 0 unspecified atom stereocenters. The van der Waals surface area contributed by atoms with Gasteiger partial charge in [0.1, 0.15) is 0 Å². The van der Waals surface area contributed by atoms with Gasteiger partial charge < -0.3 is 15.4 Å². The standard InChI is InChI=1S/C17H23ClN2O4/c1-11(15(22)20-17(2,3)4)24-14(21)9-10-19-16(23)12-5-7-13(18)8-6-12/h5-8,11H,9-10H2,1-4H3,(H,19,23)(H,20,22)/t11-/m0/s1. The fraction of sp³-hybridized carbons (Fsp3) is 0.471. The number of esters is 1. The van der Waals surface area contributed by atoms with Crippen LogP contribution in [-0.4, -0.2) is 36.0 Å². The first-order chi connectivity index (χ1) is 11.1. The Balaban J connectivity index is 2.34. The van der Waals surface area contributed by atoms with Gasteiger partial charge in [-0.05, 0) is 52.0 Å². The first-order valence-electron chi connectivity index (χ1n) is 7.64. The van der Waals surface area contributed by atoms with Gasteiger partial charge in [0.25, 0.3) is 11.8 Å². The van der Waals surface area contributed by atoms with Crippen LogP contribution < -0.4 is 10.6 Å². The molecule has 1 aromatic carbocycles. The number of hydrogen-bond acceptors (Lipinski definition) is 4. The number of benzene rings is 1. The first kappa shape index (κ1) is 20.0. The molecular weight excluding hydrogens is 332 g/mol. The minimum absolute atomic E-state index is 0.0214. The van der Waals surface area contributed by atoms with Crippen LogP contribution in [0, 0.1) is 0 Å². The molecule has 0 aliphatic heterocycles. The summed E-state index contributed by atoms with van der Waals surface area (Å²) >= 11 is 5.75. The summed E-state index contributed by atoms with van der Waals surface area (Å²) in [4.78, 5) is 35.4. The van der Waals surface area contributed by atoms with Gasteiger partial charge in [-0.3, -0.25) is 14.4 Å². The van der Waals surface area contributed by atoms with E-state index in [2.05, 4.69) is 10.6 Å². The van der Waals surface area contributed by atoms with E-state index in [9.17, 15) is 14.4 Å². The molecule has 0 radical (unpaired) electrons. The smallest absolute Gasteiger partial charge is 0.308 e. The molecule has 1 aromatic rings. The van der Waals surface area contributed by atoms with E-state index in [0.717, 1.165) is 0 Å². The molecule has 132 valence electrons. The summed E-state index contributed by atoms with van der Waals surface area (Å²) < 4.78 is 5.04. The van der Waals surface area contributed by atoms with Gasteiger partial charge in [0, 0.05) is 22.7 Å². The van der Waals surface area contributed by atoms with Crippen LogP contribution in [0.1, 0.15) is 44.5 Å². The highest BCUT2D eigenvalue weighted by Crippen LogP contribution is 2.09. The van der Waals surface area contributed by atoms with Crippen molar-refractivity contribution in [2.45, 2.75) is 45.8 Å². The number of carbonyl (C=O) groups is 3. The minimum atomic E-state index is -0.885. The van der Waals surface area contributed by atoms with E-state index in [1.807, 2.05) is 20.8 Å². The molecule has 0 fully saturated rings. The van der Waals surface area contributed by atoms with E-state index in [4.69, 9.17) is 16.3 Å². The van der Waals surface area contributed by atoms with Crippen molar-refractivity contribution in [3.05, 3.63) is 34.9 Å². The summed E-state index contributed by atoms with van der Waals surface area (Å²) in [7, 11) is 0. The van der Waals surface area contributed by atoms with Gasteiger partial charge in [-0.15, -0.1) is 0 Å². The zero-order chi connectivity index (χ0) is 18.3. The van der Waals surface area contributed by atoms with Crippen LogP contribution in [0.5, 0.6) is 0 Å². The number of nitrogens with one attached hydrogen (secondary N) is 2. The lowest BCUT2D eigenvalue weighted by molar-refractivity contribution is -0.155. The van der Waals surface area contributed by atoms with Crippen molar-refractivity contribution in [2.75, 3.05) is 6.54 Å². The summed E-state index contributed by atoms with van der Waals surface area (Å²) in [6.45, 7) is 7.14. The van der Waals surface area contributed by atoms with Gasteiger partial charge in [-0.25, -0.2) is 0 Å². The minimum Gasteiger partial charge on any atom is -0.452 e. The molecule has 2 amide bonds. The molecule has 6 nitrogen and oxygen atoms in total. The van der Waals surface area contributed by atoms with Gasteiger partial charge in [-0.2, -0.15) is 0 Å². The van der Waals surface area contributed by atoms with Crippen molar-refractivity contribution in [3.8, 4) is 0 Å². The number of rotatable bonds is 6. The maximum absolute atomic E-state index is 11.9. The zero-order valence-electron chi connectivity index (χ0n) is 14.3. The second-order valence-corrected chi connectivity index (χ2v) is 6.82. The van der Waals surface area contributed by atoms with E-state index in [1.54, 1.807) is 24.3 Å².